The lowest BCUT2D eigenvalue weighted by Gasteiger charge is -2.07. The van der Waals surface area contributed by atoms with E-state index in [4.69, 9.17) is 0 Å². The van der Waals surface area contributed by atoms with Crippen molar-refractivity contribution >= 4 is 22.4 Å². The van der Waals surface area contributed by atoms with Crippen molar-refractivity contribution in [2.45, 2.75) is 13.0 Å². The van der Waals surface area contributed by atoms with E-state index in [1.54, 1.807) is 13.0 Å². The van der Waals surface area contributed by atoms with Crippen LogP contribution in [0.1, 0.15) is 28.9 Å². The van der Waals surface area contributed by atoms with Crippen molar-refractivity contribution in [2.75, 3.05) is 5.32 Å². The van der Waals surface area contributed by atoms with Crippen LogP contribution in [0.3, 0.4) is 0 Å². The summed E-state index contributed by atoms with van der Waals surface area (Å²) < 4.78 is 0. The van der Waals surface area contributed by atoms with Gasteiger partial charge in [0.2, 0.25) is 0 Å². The molecular weight excluding hydrogens is 202 g/mol. The number of benzene rings is 2. The van der Waals surface area contributed by atoms with E-state index in [-0.39, 0.29) is 5.91 Å². The highest BCUT2D eigenvalue weighted by Crippen LogP contribution is 2.34. The van der Waals surface area contributed by atoms with Crippen LogP contribution >= 0.6 is 0 Å². The highest BCUT2D eigenvalue weighted by molar-refractivity contribution is 6.24. The average Bonchev–Trinajstić information content (AvgIpc) is 2.58. The Morgan fingerprint density at radius 2 is 2.12 bits per heavy atom. The molecule has 0 aromatic heterocycles. The molecule has 0 saturated heterocycles. The van der Waals surface area contributed by atoms with Gasteiger partial charge >= 0.3 is 0 Å². The molecule has 0 aliphatic carbocycles. The van der Waals surface area contributed by atoms with E-state index in [0.717, 1.165) is 22.0 Å². The third-order valence-corrected chi connectivity index (χ3v) is 2.97. The van der Waals surface area contributed by atoms with Crippen molar-refractivity contribution in [1.29, 1.82) is 0 Å². The van der Waals surface area contributed by atoms with Crippen molar-refractivity contribution < 1.29 is 9.90 Å². The summed E-state index contributed by atoms with van der Waals surface area (Å²) in [5, 5.41) is 14.3. The molecule has 1 aliphatic heterocycles. The lowest BCUT2D eigenvalue weighted by atomic mass is 9.99. The van der Waals surface area contributed by atoms with Crippen LogP contribution in [-0.2, 0) is 0 Å². The summed E-state index contributed by atoms with van der Waals surface area (Å²) in [6.45, 7) is 1.70. The number of aliphatic hydroxyl groups excluding tert-OH is 1. The average molecular weight is 213 g/mol. The van der Waals surface area contributed by atoms with E-state index in [2.05, 4.69) is 5.32 Å². The molecule has 1 heterocycles. The van der Waals surface area contributed by atoms with Gasteiger partial charge in [-0.05, 0) is 36.1 Å². The van der Waals surface area contributed by atoms with Crippen molar-refractivity contribution in [3.8, 4) is 0 Å². The molecule has 80 valence electrons. The van der Waals surface area contributed by atoms with Gasteiger partial charge < -0.3 is 10.4 Å². The molecule has 2 aromatic carbocycles. The van der Waals surface area contributed by atoms with Gasteiger partial charge in [-0.2, -0.15) is 0 Å². The first-order chi connectivity index (χ1) is 7.66. The largest absolute Gasteiger partial charge is 0.389 e. The molecule has 1 unspecified atom stereocenters. The summed E-state index contributed by atoms with van der Waals surface area (Å²) in [5.74, 6) is -0.0892. The number of hydrogen-bond acceptors (Lipinski definition) is 2. The third-order valence-electron chi connectivity index (χ3n) is 2.97. The lowest BCUT2D eigenvalue weighted by Crippen LogP contribution is -2.04. The van der Waals surface area contributed by atoms with Crippen LogP contribution in [0.15, 0.2) is 30.3 Å². The lowest BCUT2D eigenvalue weighted by molar-refractivity contribution is 0.103. The normalized spacial score (nSPS) is 15.2. The minimum atomic E-state index is -0.558. The Labute approximate surface area is 92.7 Å². The molecule has 0 fully saturated rings. The fourth-order valence-electron chi connectivity index (χ4n) is 2.17. The Balaban J connectivity index is 2.41. The second-order valence-corrected chi connectivity index (χ2v) is 4.10. The highest BCUT2D eigenvalue weighted by Gasteiger charge is 2.22. The van der Waals surface area contributed by atoms with E-state index in [1.807, 2.05) is 24.3 Å². The van der Waals surface area contributed by atoms with Crippen LogP contribution in [0, 0.1) is 0 Å². The Bertz CT molecular complexity index is 602. The van der Waals surface area contributed by atoms with Crippen molar-refractivity contribution in [2.24, 2.45) is 0 Å². The number of nitrogens with one attached hydrogen (secondary N) is 1. The van der Waals surface area contributed by atoms with E-state index in [0.29, 0.717) is 5.56 Å². The number of carbonyl (C=O) groups excluding carboxylic acids is 1. The Morgan fingerprint density at radius 1 is 1.31 bits per heavy atom. The number of hydrogen-bond donors (Lipinski definition) is 2. The summed E-state index contributed by atoms with van der Waals surface area (Å²) in [7, 11) is 0. The Morgan fingerprint density at radius 3 is 2.88 bits per heavy atom. The maximum atomic E-state index is 11.7. The van der Waals surface area contributed by atoms with Crippen LogP contribution in [0.25, 0.3) is 10.8 Å². The highest BCUT2D eigenvalue weighted by atomic mass is 16.3. The van der Waals surface area contributed by atoms with Gasteiger partial charge in [-0.15, -0.1) is 0 Å². The molecule has 0 radical (unpaired) electrons. The van der Waals surface area contributed by atoms with Crippen molar-refractivity contribution in [1.82, 2.24) is 0 Å². The SMILES string of the molecule is CC(O)c1cc2c3c(cccc3c1)NC2=O. The van der Waals surface area contributed by atoms with Gasteiger partial charge in [0.15, 0.2) is 0 Å². The van der Waals surface area contributed by atoms with E-state index in [1.165, 1.54) is 0 Å². The molecular formula is C13H11NO2. The summed E-state index contributed by atoms with van der Waals surface area (Å²) in [6, 6.07) is 9.43. The first kappa shape index (κ1) is 9.36. The minimum absolute atomic E-state index is 0.0892. The summed E-state index contributed by atoms with van der Waals surface area (Å²) >= 11 is 0. The first-order valence-electron chi connectivity index (χ1n) is 5.23. The number of anilines is 1. The molecule has 1 aliphatic rings. The van der Waals surface area contributed by atoms with E-state index >= 15 is 0 Å². The smallest absolute Gasteiger partial charge is 0.256 e. The molecule has 0 spiro atoms. The molecule has 3 heteroatoms. The topological polar surface area (TPSA) is 49.3 Å². The van der Waals surface area contributed by atoms with E-state index in [9.17, 15) is 9.90 Å². The Kier molecular flexibility index (Phi) is 1.79. The number of aliphatic hydroxyl groups is 1. The summed E-state index contributed by atoms with van der Waals surface area (Å²) in [4.78, 5) is 11.7. The number of amides is 1. The summed E-state index contributed by atoms with van der Waals surface area (Å²) in [6.07, 6.45) is -0.558. The monoisotopic (exact) mass is 213 g/mol. The van der Waals surface area contributed by atoms with Crippen LogP contribution in [0.5, 0.6) is 0 Å². The van der Waals surface area contributed by atoms with Gasteiger partial charge in [0, 0.05) is 16.6 Å². The van der Waals surface area contributed by atoms with Crippen molar-refractivity contribution in [3.63, 3.8) is 0 Å². The molecule has 3 rings (SSSR count). The second-order valence-electron chi connectivity index (χ2n) is 4.10. The molecule has 1 amide bonds. The zero-order chi connectivity index (χ0) is 11.3. The Hall–Kier alpha value is -1.87. The maximum absolute atomic E-state index is 11.7. The molecule has 16 heavy (non-hydrogen) atoms. The van der Waals surface area contributed by atoms with E-state index < -0.39 is 6.10 Å². The molecule has 0 bridgehead atoms. The van der Waals surface area contributed by atoms with Gasteiger partial charge in [0.25, 0.3) is 5.91 Å². The molecule has 3 nitrogen and oxygen atoms in total. The fraction of sp³-hybridized carbons (Fsp3) is 0.154. The quantitative estimate of drug-likeness (QED) is 0.764. The van der Waals surface area contributed by atoms with Gasteiger partial charge in [-0.25, -0.2) is 0 Å². The fourth-order valence-corrected chi connectivity index (χ4v) is 2.17. The van der Waals surface area contributed by atoms with Crippen LogP contribution in [0.2, 0.25) is 0 Å². The van der Waals surface area contributed by atoms with Crippen LogP contribution in [-0.4, -0.2) is 11.0 Å². The zero-order valence-electron chi connectivity index (χ0n) is 8.82. The van der Waals surface area contributed by atoms with Crippen LogP contribution < -0.4 is 5.32 Å². The number of carbonyl (C=O) groups is 1. The predicted molar refractivity (Wildman–Crippen MR) is 62.5 cm³/mol. The van der Waals surface area contributed by atoms with Gasteiger partial charge in [0.1, 0.15) is 0 Å². The molecule has 2 aromatic rings. The number of rotatable bonds is 1. The maximum Gasteiger partial charge on any atom is 0.256 e. The van der Waals surface area contributed by atoms with Gasteiger partial charge in [0.05, 0.1) is 6.10 Å². The molecule has 1 atom stereocenters. The molecule has 2 N–H and O–H groups in total. The first-order valence-corrected chi connectivity index (χ1v) is 5.23. The predicted octanol–water partition coefficient (Wildman–Crippen LogP) is 2.46. The third kappa shape index (κ3) is 1.15. The van der Waals surface area contributed by atoms with Gasteiger partial charge in [-0.1, -0.05) is 12.1 Å². The van der Waals surface area contributed by atoms with Gasteiger partial charge in [-0.3, -0.25) is 4.79 Å². The van der Waals surface area contributed by atoms with Crippen LogP contribution in [0.4, 0.5) is 5.69 Å². The van der Waals surface area contributed by atoms with Crippen molar-refractivity contribution in [3.05, 3.63) is 41.5 Å². The minimum Gasteiger partial charge on any atom is -0.389 e. The zero-order valence-corrected chi connectivity index (χ0v) is 8.82. The second kappa shape index (κ2) is 3.06. The summed E-state index contributed by atoms with van der Waals surface area (Å²) in [5.41, 5.74) is 2.29. The molecule has 0 saturated carbocycles. The standard InChI is InChI=1S/C13H11NO2/c1-7(15)9-5-8-3-2-4-11-12(8)10(6-9)13(16)14-11/h2-7,15H,1H3,(H,14,16).